The third-order valence-electron chi connectivity index (χ3n) is 1.02. The molecule has 0 atom stereocenters. The average molecular weight is 242 g/mol. The van der Waals surface area contributed by atoms with Crippen LogP contribution in [-0.4, -0.2) is 53.0 Å². The Morgan fingerprint density at radius 1 is 1.38 bits per heavy atom. The predicted molar refractivity (Wildman–Crippen MR) is 39.4 cm³/mol. The molecular weight excluding hydrogens is 232 g/mol. The van der Waals surface area contributed by atoms with E-state index in [0.717, 1.165) is 16.5 Å². The molecule has 0 heterocycles. The zero-order chi connectivity index (χ0) is 6.57. The van der Waals surface area contributed by atoms with Crippen molar-refractivity contribution >= 4 is 35.0 Å². The van der Waals surface area contributed by atoms with E-state index in [1.165, 1.54) is 0 Å². The summed E-state index contributed by atoms with van der Waals surface area (Å²) in [7, 11) is 0. The van der Waals surface area contributed by atoms with Crippen molar-refractivity contribution < 1.29 is 0 Å². The number of rotatable bonds is 3. The normalized spacial score (nSPS) is 8.75. The van der Waals surface area contributed by atoms with E-state index in [-0.39, 0.29) is 0 Å². The summed E-state index contributed by atoms with van der Waals surface area (Å²) in [6.45, 7) is 6.42. The second kappa shape index (κ2) is 4.57. The molecule has 1 nitrogen and oxygen atoms in total. The number of hydrogen-bond donors (Lipinski definition) is 0. The van der Waals surface area contributed by atoms with Crippen molar-refractivity contribution in [3.8, 4) is 0 Å². The first kappa shape index (κ1) is 8.71. The summed E-state index contributed by atoms with van der Waals surface area (Å²) in [5.74, 6) is 0. The SMILES string of the molecule is CCN(CC)C([Se])=[Se]. The van der Waals surface area contributed by atoms with Gasteiger partial charge in [-0.1, -0.05) is 0 Å². The first-order chi connectivity index (χ1) is 3.72. The summed E-state index contributed by atoms with van der Waals surface area (Å²) >= 11 is 5.86. The van der Waals surface area contributed by atoms with Crippen LogP contribution in [0, 0.1) is 0 Å². The second-order valence-electron chi connectivity index (χ2n) is 1.44. The molecule has 0 aliphatic rings. The molecule has 0 bridgehead atoms. The topological polar surface area (TPSA) is 3.24 Å². The Bertz CT molecular complexity index is 78.5. The van der Waals surface area contributed by atoms with Gasteiger partial charge >= 0.3 is 66.9 Å². The Balaban J connectivity index is 3.52. The van der Waals surface area contributed by atoms with Gasteiger partial charge in [0.1, 0.15) is 0 Å². The molecule has 0 aromatic carbocycles. The van der Waals surface area contributed by atoms with Gasteiger partial charge in [-0.25, -0.2) is 0 Å². The van der Waals surface area contributed by atoms with Gasteiger partial charge in [-0.15, -0.1) is 0 Å². The monoisotopic (exact) mass is 244 g/mol. The van der Waals surface area contributed by atoms with Crippen molar-refractivity contribution in [1.82, 2.24) is 4.90 Å². The Morgan fingerprint density at radius 2 is 1.75 bits per heavy atom. The Hall–Kier alpha value is 0.709. The fourth-order valence-electron chi connectivity index (χ4n) is 0.482. The molecule has 0 fully saturated rings. The molecule has 0 unspecified atom stereocenters. The van der Waals surface area contributed by atoms with E-state index in [1.807, 2.05) is 0 Å². The quantitative estimate of drug-likeness (QED) is 0.617. The molecule has 0 aliphatic carbocycles. The Kier molecular flexibility index (Phi) is 4.98. The van der Waals surface area contributed by atoms with Gasteiger partial charge in [0.25, 0.3) is 0 Å². The van der Waals surface area contributed by atoms with Gasteiger partial charge < -0.3 is 0 Å². The molecule has 0 saturated carbocycles. The van der Waals surface area contributed by atoms with Gasteiger partial charge in [0.15, 0.2) is 0 Å². The molecule has 0 aliphatic heterocycles. The molecule has 47 valence electrons. The zero-order valence-corrected chi connectivity index (χ0v) is 8.60. The van der Waals surface area contributed by atoms with Crippen LogP contribution >= 0.6 is 0 Å². The van der Waals surface area contributed by atoms with Crippen LogP contribution in [0.5, 0.6) is 0 Å². The maximum absolute atomic E-state index is 2.93. The van der Waals surface area contributed by atoms with E-state index in [2.05, 4.69) is 50.3 Å². The van der Waals surface area contributed by atoms with Gasteiger partial charge in [0.05, 0.1) is 0 Å². The zero-order valence-electron chi connectivity index (χ0n) is 5.18. The van der Waals surface area contributed by atoms with Crippen molar-refractivity contribution in [3.05, 3.63) is 0 Å². The van der Waals surface area contributed by atoms with Gasteiger partial charge in [0, 0.05) is 0 Å². The molecule has 0 rings (SSSR count). The van der Waals surface area contributed by atoms with Crippen molar-refractivity contribution in [3.63, 3.8) is 0 Å². The Labute approximate surface area is 67.0 Å². The van der Waals surface area contributed by atoms with Crippen LogP contribution < -0.4 is 0 Å². The fraction of sp³-hybridized carbons (Fsp3) is 0.800. The minimum absolute atomic E-state index is 1.08. The van der Waals surface area contributed by atoms with E-state index in [4.69, 9.17) is 0 Å². The molecule has 3 heteroatoms. The molecule has 0 aromatic heterocycles. The van der Waals surface area contributed by atoms with Crippen LogP contribution in [0.1, 0.15) is 13.8 Å². The van der Waals surface area contributed by atoms with Gasteiger partial charge in [-0.05, 0) is 0 Å². The third-order valence-corrected chi connectivity index (χ3v) is 2.11. The van der Waals surface area contributed by atoms with Gasteiger partial charge in [-0.3, -0.25) is 0 Å². The Morgan fingerprint density at radius 3 is 1.75 bits per heavy atom. The molecule has 1 radical (unpaired) electrons. The van der Waals surface area contributed by atoms with Crippen LogP contribution in [0.25, 0.3) is 0 Å². The summed E-state index contributed by atoms with van der Waals surface area (Å²) in [4.78, 5) is 2.22. The van der Waals surface area contributed by atoms with E-state index in [9.17, 15) is 0 Å². The van der Waals surface area contributed by atoms with Crippen LogP contribution in [0.2, 0.25) is 0 Å². The van der Waals surface area contributed by atoms with E-state index in [1.54, 1.807) is 0 Å². The van der Waals surface area contributed by atoms with Crippen LogP contribution in [0.3, 0.4) is 0 Å². The van der Waals surface area contributed by atoms with Crippen LogP contribution in [0.15, 0.2) is 0 Å². The van der Waals surface area contributed by atoms with Crippen molar-refractivity contribution in [2.24, 2.45) is 0 Å². The van der Waals surface area contributed by atoms with E-state index < -0.39 is 0 Å². The third kappa shape index (κ3) is 2.88. The van der Waals surface area contributed by atoms with E-state index in [0.29, 0.717) is 0 Å². The van der Waals surface area contributed by atoms with Crippen molar-refractivity contribution in [1.29, 1.82) is 0 Å². The van der Waals surface area contributed by atoms with Crippen LogP contribution in [0.4, 0.5) is 0 Å². The van der Waals surface area contributed by atoms with Crippen molar-refractivity contribution in [2.45, 2.75) is 13.8 Å². The fourth-order valence-corrected chi connectivity index (χ4v) is 1.57. The molecule has 0 amide bonds. The first-order valence-electron chi connectivity index (χ1n) is 2.68. The summed E-state index contributed by atoms with van der Waals surface area (Å²) in [5.41, 5.74) is 0. The minimum atomic E-state index is 1.08. The first-order valence-corrected chi connectivity index (χ1v) is 4.39. The van der Waals surface area contributed by atoms with E-state index >= 15 is 0 Å². The molecule has 0 saturated heterocycles. The molecule has 0 N–H and O–H groups in total. The average Bonchev–Trinajstić information content (AvgIpc) is 1.69. The van der Waals surface area contributed by atoms with Gasteiger partial charge in [0.2, 0.25) is 0 Å². The summed E-state index contributed by atoms with van der Waals surface area (Å²) < 4.78 is 1.16. The standard InChI is InChI=1S/C5H10NSe2/c1-3-6(4-2)5(7)8/h3-4H2,1-2H3. The number of hydrogen-bond acceptors (Lipinski definition) is 1. The molecule has 0 spiro atoms. The molecule has 0 aromatic rings. The summed E-state index contributed by atoms with van der Waals surface area (Å²) in [5, 5.41) is 0. The molecular formula is C5H10NSe2. The number of nitrogens with zero attached hydrogens (tertiary/aromatic N) is 1. The summed E-state index contributed by atoms with van der Waals surface area (Å²) in [6, 6.07) is 0. The second-order valence-corrected chi connectivity index (χ2v) is 4.37. The molecule has 8 heavy (non-hydrogen) atoms. The summed E-state index contributed by atoms with van der Waals surface area (Å²) in [6.07, 6.45) is 0. The van der Waals surface area contributed by atoms with Crippen LogP contribution in [-0.2, 0) is 0 Å². The maximum atomic E-state index is 2.93. The predicted octanol–water partition coefficient (Wildman–Crippen LogP) is -0.247. The van der Waals surface area contributed by atoms with Crippen molar-refractivity contribution in [2.75, 3.05) is 13.1 Å². The van der Waals surface area contributed by atoms with Gasteiger partial charge in [-0.2, -0.15) is 0 Å².